The first kappa shape index (κ1) is 20.3. The Labute approximate surface area is 161 Å². The van der Waals surface area contributed by atoms with Crippen LogP contribution in [0.3, 0.4) is 0 Å². The van der Waals surface area contributed by atoms with E-state index in [1.807, 2.05) is 6.92 Å². The molecule has 26 heavy (non-hydrogen) atoms. The highest BCUT2D eigenvalue weighted by Gasteiger charge is 2.15. The molecule has 9 heteroatoms. The molecule has 0 aliphatic carbocycles. The van der Waals surface area contributed by atoms with Crippen molar-refractivity contribution in [3.63, 3.8) is 0 Å². The summed E-state index contributed by atoms with van der Waals surface area (Å²) in [6, 6.07) is 5.17. The maximum atomic E-state index is 11.6. The van der Waals surface area contributed by atoms with Gasteiger partial charge in [-0.15, -0.1) is 11.3 Å². The van der Waals surface area contributed by atoms with Crippen molar-refractivity contribution in [3.8, 4) is 0 Å². The number of thiophene rings is 1. The van der Waals surface area contributed by atoms with Crippen LogP contribution >= 0.6 is 22.9 Å². The zero-order valence-electron chi connectivity index (χ0n) is 14.8. The molecule has 2 aromatic heterocycles. The number of aliphatic hydroxyl groups excluding tert-OH is 1. The predicted molar refractivity (Wildman–Crippen MR) is 102 cm³/mol. The lowest BCUT2D eigenvalue weighted by molar-refractivity contribution is 0.0599. The summed E-state index contributed by atoms with van der Waals surface area (Å²) in [4.78, 5) is 16.8. The first-order valence-electron chi connectivity index (χ1n) is 8.07. The minimum absolute atomic E-state index is 0.244. The summed E-state index contributed by atoms with van der Waals surface area (Å²) in [6.45, 7) is 4.84. The number of furan rings is 1. The summed E-state index contributed by atoms with van der Waals surface area (Å²) in [7, 11) is 1.33. The number of hydrogen-bond acceptors (Lipinski definition) is 6. The van der Waals surface area contributed by atoms with Crippen molar-refractivity contribution in [2.24, 2.45) is 4.99 Å². The molecule has 0 fully saturated rings. The van der Waals surface area contributed by atoms with Gasteiger partial charge in [0.25, 0.3) is 0 Å². The number of carbonyl (C=O) groups excluding carboxylic acids is 1. The van der Waals surface area contributed by atoms with Gasteiger partial charge in [-0.25, -0.2) is 9.79 Å². The highest BCUT2D eigenvalue weighted by atomic mass is 35.5. The SMILES string of the molecule is CCNC(=NCc1cc(C(=O)OC)c(C)o1)NCC(O)c1ccc(Cl)s1. The molecule has 142 valence electrons. The van der Waals surface area contributed by atoms with Crippen molar-refractivity contribution in [2.75, 3.05) is 20.2 Å². The number of nitrogens with one attached hydrogen (secondary N) is 2. The number of methoxy groups -OCH3 is 1. The average Bonchev–Trinajstić information content (AvgIpc) is 3.22. The smallest absolute Gasteiger partial charge is 0.341 e. The minimum Gasteiger partial charge on any atom is -0.465 e. The van der Waals surface area contributed by atoms with Crippen molar-refractivity contribution in [1.82, 2.24) is 10.6 Å². The first-order chi connectivity index (χ1) is 12.4. The fourth-order valence-electron chi connectivity index (χ4n) is 2.23. The molecular weight excluding hydrogens is 378 g/mol. The number of aryl methyl sites for hydroxylation is 1. The quantitative estimate of drug-likeness (QED) is 0.376. The number of guanidine groups is 1. The van der Waals surface area contributed by atoms with E-state index >= 15 is 0 Å². The number of halogens is 1. The Balaban J connectivity index is 1.99. The van der Waals surface area contributed by atoms with Gasteiger partial charge < -0.3 is 24.9 Å². The number of ether oxygens (including phenoxy) is 1. The van der Waals surface area contributed by atoms with Crippen molar-refractivity contribution < 1.29 is 19.1 Å². The molecule has 1 atom stereocenters. The fourth-order valence-corrected chi connectivity index (χ4v) is 3.28. The van der Waals surface area contributed by atoms with Crippen LogP contribution in [0.25, 0.3) is 0 Å². The second-order valence-electron chi connectivity index (χ2n) is 5.41. The van der Waals surface area contributed by atoms with Crippen LogP contribution in [0, 0.1) is 6.92 Å². The van der Waals surface area contributed by atoms with Crippen LogP contribution in [0.2, 0.25) is 4.34 Å². The van der Waals surface area contributed by atoms with E-state index in [2.05, 4.69) is 15.6 Å². The average molecular weight is 400 g/mol. The van der Waals surface area contributed by atoms with Crippen molar-refractivity contribution >= 4 is 34.9 Å². The summed E-state index contributed by atoms with van der Waals surface area (Å²) >= 11 is 7.23. The molecule has 3 N–H and O–H groups in total. The molecule has 2 rings (SSSR count). The summed E-state index contributed by atoms with van der Waals surface area (Å²) in [6.07, 6.45) is -0.687. The topological polar surface area (TPSA) is 96.1 Å². The second kappa shape index (κ2) is 9.61. The first-order valence-corrected chi connectivity index (χ1v) is 9.27. The number of aliphatic imine (C=N–C) groups is 1. The van der Waals surface area contributed by atoms with E-state index in [0.29, 0.717) is 33.9 Å². The standard InChI is InChI=1S/C17H22ClN3O4S/c1-4-19-17(21-9-13(22)14-5-6-15(18)26-14)20-8-11-7-12(10(2)25-11)16(23)24-3/h5-7,13,22H,4,8-9H2,1-3H3,(H2,19,20,21). The van der Waals surface area contributed by atoms with Crippen molar-refractivity contribution in [2.45, 2.75) is 26.5 Å². The zero-order valence-corrected chi connectivity index (χ0v) is 16.4. The Hall–Kier alpha value is -2.03. The molecule has 0 aromatic carbocycles. The molecule has 0 aliphatic rings. The Morgan fingerprint density at radius 2 is 2.23 bits per heavy atom. The molecular formula is C17H22ClN3O4S. The third-order valence-electron chi connectivity index (χ3n) is 3.50. The van der Waals surface area contributed by atoms with E-state index in [-0.39, 0.29) is 13.1 Å². The molecule has 0 aliphatic heterocycles. The highest BCUT2D eigenvalue weighted by Crippen LogP contribution is 2.26. The normalized spacial score (nSPS) is 12.7. The van der Waals surface area contributed by atoms with Crippen LogP contribution in [-0.2, 0) is 11.3 Å². The van der Waals surface area contributed by atoms with Gasteiger partial charge in [-0.1, -0.05) is 11.6 Å². The molecule has 0 amide bonds. The molecule has 0 radical (unpaired) electrons. The Bertz CT molecular complexity index is 772. The lowest BCUT2D eigenvalue weighted by Crippen LogP contribution is -2.39. The van der Waals surface area contributed by atoms with Crippen LogP contribution in [0.15, 0.2) is 27.6 Å². The van der Waals surface area contributed by atoms with Crippen LogP contribution < -0.4 is 10.6 Å². The molecule has 7 nitrogen and oxygen atoms in total. The number of rotatable bonds is 7. The highest BCUT2D eigenvalue weighted by molar-refractivity contribution is 7.16. The lowest BCUT2D eigenvalue weighted by atomic mass is 10.2. The molecule has 0 saturated heterocycles. The van der Waals surface area contributed by atoms with Gasteiger partial charge in [-0.2, -0.15) is 0 Å². The van der Waals surface area contributed by atoms with Gasteiger partial charge in [-0.3, -0.25) is 0 Å². The number of carbonyl (C=O) groups is 1. The summed E-state index contributed by atoms with van der Waals surface area (Å²) in [5.74, 6) is 1.13. The monoisotopic (exact) mass is 399 g/mol. The molecule has 0 spiro atoms. The molecule has 0 bridgehead atoms. The fraction of sp³-hybridized carbons (Fsp3) is 0.412. The van der Waals surface area contributed by atoms with Gasteiger partial charge in [0.1, 0.15) is 29.7 Å². The van der Waals surface area contributed by atoms with Crippen LogP contribution in [0.1, 0.15) is 39.8 Å². The largest absolute Gasteiger partial charge is 0.465 e. The van der Waals surface area contributed by atoms with E-state index in [1.54, 1.807) is 25.1 Å². The van der Waals surface area contributed by atoms with Crippen LogP contribution in [0.5, 0.6) is 0 Å². The van der Waals surface area contributed by atoms with E-state index in [0.717, 1.165) is 4.88 Å². The van der Waals surface area contributed by atoms with E-state index in [4.69, 9.17) is 20.8 Å². The van der Waals surface area contributed by atoms with E-state index in [1.165, 1.54) is 18.4 Å². The maximum absolute atomic E-state index is 11.6. The van der Waals surface area contributed by atoms with Crippen LogP contribution in [-0.4, -0.2) is 37.2 Å². The lowest BCUT2D eigenvalue weighted by Gasteiger charge is -2.14. The molecule has 2 aromatic rings. The third kappa shape index (κ3) is 5.48. The second-order valence-corrected chi connectivity index (χ2v) is 7.15. The molecule has 0 saturated carbocycles. The predicted octanol–water partition coefficient (Wildman–Crippen LogP) is 2.88. The van der Waals surface area contributed by atoms with E-state index in [9.17, 15) is 9.90 Å². The maximum Gasteiger partial charge on any atom is 0.341 e. The zero-order chi connectivity index (χ0) is 19.1. The van der Waals surface area contributed by atoms with Gasteiger partial charge in [0.15, 0.2) is 5.96 Å². The van der Waals surface area contributed by atoms with Gasteiger partial charge in [0.05, 0.1) is 11.4 Å². The number of nitrogens with zero attached hydrogens (tertiary/aromatic N) is 1. The van der Waals surface area contributed by atoms with Crippen LogP contribution in [0.4, 0.5) is 0 Å². The van der Waals surface area contributed by atoms with Crippen molar-refractivity contribution in [1.29, 1.82) is 0 Å². The summed E-state index contributed by atoms with van der Waals surface area (Å²) in [5, 5.41) is 16.4. The van der Waals surface area contributed by atoms with Gasteiger partial charge in [0.2, 0.25) is 0 Å². The Kier molecular flexibility index (Phi) is 7.50. The van der Waals surface area contributed by atoms with Gasteiger partial charge in [-0.05, 0) is 32.0 Å². The third-order valence-corrected chi connectivity index (χ3v) is 4.83. The number of hydrogen-bond donors (Lipinski definition) is 3. The number of aliphatic hydroxyl groups is 1. The number of esters is 1. The van der Waals surface area contributed by atoms with E-state index < -0.39 is 12.1 Å². The molecule has 2 heterocycles. The summed E-state index contributed by atoms with van der Waals surface area (Å²) < 4.78 is 10.9. The molecule has 1 unspecified atom stereocenters. The van der Waals surface area contributed by atoms with Gasteiger partial charge in [0, 0.05) is 18.0 Å². The Morgan fingerprint density at radius 3 is 2.85 bits per heavy atom. The summed E-state index contributed by atoms with van der Waals surface area (Å²) in [5.41, 5.74) is 0.389. The van der Waals surface area contributed by atoms with Gasteiger partial charge >= 0.3 is 5.97 Å². The Morgan fingerprint density at radius 1 is 1.46 bits per heavy atom. The minimum atomic E-state index is -0.687. The van der Waals surface area contributed by atoms with Crippen molar-refractivity contribution in [3.05, 3.63) is 44.5 Å².